The lowest BCUT2D eigenvalue weighted by Gasteiger charge is -2.25. The van der Waals surface area contributed by atoms with E-state index in [-0.39, 0.29) is 17.8 Å². The molecule has 3 nitrogen and oxygen atoms in total. The topological polar surface area (TPSA) is 29.5 Å². The number of ether oxygens (including phenoxy) is 1. The van der Waals surface area contributed by atoms with E-state index in [4.69, 9.17) is 4.74 Å². The van der Waals surface area contributed by atoms with Crippen LogP contribution in [0.2, 0.25) is 0 Å². The Morgan fingerprint density at radius 3 is 2.74 bits per heavy atom. The van der Waals surface area contributed by atoms with Gasteiger partial charge in [-0.15, -0.1) is 0 Å². The molecule has 0 aliphatic carbocycles. The monoisotopic (exact) mass is 265 g/mol. The van der Waals surface area contributed by atoms with E-state index in [0.717, 1.165) is 17.7 Å². The summed E-state index contributed by atoms with van der Waals surface area (Å²) in [6.45, 7) is 8.11. The molecule has 104 valence electrons. The minimum Gasteiger partial charge on any atom is -0.443 e. The second kappa shape index (κ2) is 4.83. The SMILES string of the molecule is CCC1CN(C(=O)OC(C)(C)C)c2ccc(F)cc21. The highest BCUT2D eigenvalue weighted by molar-refractivity contribution is 5.91. The first-order valence-corrected chi connectivity index (χ1v) is 6.62. The minimum absolute atomic E-state index is 0.179. The van der Waals surface area contributed by atoms with E-state index in [0.29, 0.717) is 6.54 Å². The van der Waals surface area contributed by atoms with Crippen molar-refractivity contribution < 1.29 is 13.9 Å². The fourth-order valence-corrected chi connectivity index (χ4v) is 2.35. The van der Waals surface area contributed by atoms with Gasteiger partial charge in [0.15, 0.2) is 0 Å². The lowest BCUT2D eigenvalue weighted by Crippen LogP contribution is -2.36. The van der Waals surface area contributed by atoms with Crippen LogP contribution in [-0.2, 0) is 4.74 Å². The molecule has 1 amide bonds. The van der Waals surface area contributed by atoms with Crippen LogP contribution in [0.4, 0.5) is 14.9 Å². The standard InChI is InChI=1S/C15H20FNO2/c1-5-10-9-17(14(18)19-15(2,3)4)13-7-6-11(16)8-12(10)13/h6-8,10H,5,9H2,1-4H3. The molecule has 0 N–H and O–H groups in total. The number of carbonyl (C=O) groups is 1. The maximum absolute atomic E-state index is 13.3. The van der Waals surface area contributed by atoms with Gasteiger partial charge in [0.1, 0.15) is 11.4 Å². The van der Waals surface area contributed by atoms with Crippen LogP contribution in [0.1, 0.15) is 45.6 Å². The summed E-state index contributed by atoms with van der Waals surface area (Å²) < 4.78 is 18.7. The summed E-state index contributed by atoms with van der Waals surface area (Å²) in [5, 5.41) is 0. The highest BCUT2D eigenvalue weighted by Crippen LogP contribution is 2.39. The lowest BCUT2D eigenvalue weighted by molar-refractivity contribution is 0.0582. The first-order valence-electron chi connectivity index (χ1n) is 6.62. The maximum Gasteiger partial charge on any atom is 0.414 e. The Hall–Kier alpha value is -1.58. The average Bonchev–Trinajstić information content (AvgIpc) is 2.64. The van der Waals surface area contributed by atoms with Crippen molar-refractivity contribution in [2.75, 3.05) is 11.4 Å². The second-order valence-corrected chi connectivity index (χ2v) is 5.90. The molecule has 1 aromatic rings. The van der Waals surface area contributed by atoms with Crippen molar-refractivity contribution in [3.63, 3.8) is 0 Å². The van der Waals surface area contributed by atoms with Gasteiger partial charge in [0.25, 0.3) is 0 Å². The predicted molar refractivity (Wildman–Crippen MR) is 73.0 cm³/mol. The molecule has 2 rings (SSSR count). The molecule has 1 heterocycles. The molecule has 0 radical (unpaired) electrons. The smallest absolute Gasteiger partial charge is 0.414 e. The van der Waals surface area contributed by atoms with Crippen LogP contribution in [0.5, 0.6) is 0 Å². The van der Waals surface area contributed by atoms with Gasteiger partial charge < -0.3 is 4.74 Å². The third-order valence-electron chi connectivity index (χ3n) is 3.23. The molecule has 0 spiro atoms. The van der Waals surface area contributed by atoms with Crippen molar-refractivity contribution in [2.45, 2.75) is 45.6 Å². The van der Waals surface area contributed by atoms with Crippen LogP contribution in [-0.4, -0.2) is 18.2 Å². The fourth-order valence-electron chi connectivity index (χ4n) is 2.35. The fraction of sp³-hybridized carbons (Fsp3) is 0.533. The second-order valence-electron chi connectivity index (χ2n) is 5.90. The lowest BCUT2D eigenvalue weighted by atomic mass is 9.99. The minimum atomic E-state index is -0.526. The van der Waals surface area contributed by atoms with E-state index in [1.807, 2.05) is 27.7 Å². The molecule has 0 bridgehead atoms. The van der Waals surface area contributed by atoms with Gasteiger partial charge in [-0.1, -0.05) is 6.92 Å². The van der Waals surface area contributed by atoms with Crippen molar-refractivity contribution in [3.05, 3.63) is 29.6 Å². The van der Waals surface area contributed by atoms with Crippen molar-refractivity contribution in [3.8, 4) is 0 Å². The number of carbonyl (C=O) groups excluding carboxylic acids is 1. The van der Waals surface area contributed by atoms with Gasteiger partial charge in [-0.2, -0.15) is 0 Å². The van der Waals surface area contributed by atoms with E-state index in [1.165, 1.54) is 12.1 Å². The van der Waals surface area contributed by atoms with Crippen LogP contribution < -0.4 is 4.90 Å². The molecule has 0 aromatic heterocycles. The summed E-state index contributed by atoms with van der Waals surface area (Å²) in [4.78, 5) is 13.8. The van der Waals surface area contributed by atoms with Gasteiger partial charge in [0, 0.05) is 12.5 Å². The first-order chi connectivity index (χ1) is 8.81. The molecule has 1 atom stereocenters. The summed E-state index contributed by atoms with van der Waals surface area (Å²) in [5.74, 6) is -0.0820. The number of amides is 1. The molecule has 0 fully saturated rings. The maximum atomic E-state index is 13.3. The first kappa shape index (κ1) is 13.8. The van der Waals surface area contributed by atoms with Crippen LogP contribution in [0.3, 0.4) is 0 Å². The quantitative estimate of drug-likeness (QED) is 0.766. The Bertz CT molecular complexity index is 493. The Balaban J connectivity index is 2.29. The van der Waals surface area contributed by atoms with Crippen LogP contribution >= 0.6 is 0 Å². The third kappa shape index (κ3) is 2.88. The molecule has 1 aliphatic rings. The third-order valence-corrected chi connectivity index (χ3v) is 3.23. The van der Waals surface area contributed by atoms with Crippen LogP contribution in [0, 0.1) is 5.82 Å². The van der Waals surface area contributed by atoms with E-state index < -0.39 is 5.60 Å². The molecular weight excluding hydrogens is 245 g/mol. The molecule has 1 aromatic carbocycles. The molecule has 1 unspecified atom stereocenters. The van der Waals surface area contributed by atoms with Gasteiger partial charge in [0.05, 0.1) is 5.69 Å². The summed E-state index contributed by atoms with van der Waals surface area (Å²) >= 11 is 0. The predicted octanol–water partition coefficient (Wildman–Crippen LogP) is 4.07. The van der Waals surface area contributed by atoms with Gasteiger partial charge in [0.2, 0.25) is 0 Å². The van der Waals surface area contributed by atoms with Gasteiger partial charge in [-0.05, 0) is 51.0 Å². The number of benzene rings is 1. The highest BCUT2D eigenvalue weighted by atomic mass is 19.1. The van der Waals surface area contributed by atoms with Gasteiger partial charge in [-0.3, -0.25) is 4.90 Å². The summed E-state index contributed by atoms with van der Waals surface area (Å²) in [6, 6.07) is 4.56. The van der Waals surface area contributed by atoms with Gasteiger partial charge >= 0.3 is 6.09 Å². The number of halogens is 1. The molecular formula is C15H20FNO2. The zero-order valence-electron chi connectivity index (χ0n) is 11.9. The number of nitrogens with zero attached hydrogens (tertiary/aromatic N) is 1. The molecule has 0 saturated carbocycles. The zero-order chi connectivity index (χ0) is 14.2. The summed E-state index contributed by atoms with van der Waals surface area (Å²) in [6.07, 6.45) is 0.506. The summed E-state index contributed by atoms with van der Waals surface area (Å²) in [7, 11) is 0. The normalized spacial score (nSPS) is 18.4. The van der Waals surface area contributed by atoms with E-state index >= 15 is 0 Å². The van der Waals surface area contributed by atoms with Crippen LogP contribution in [0.25, 0.3) is 0 Å². The van der Waals surface area contributed by atoms with E-state index in [2.05, 4.69) is 0 Å². The number of rotatable bonds is 1. The highest BCUT2D eigenvalue weighted by Gasteiger charge is 2.34. The number of fused-ring (bicyclic) bond motifs is 1. The van der Waals surface area contributed by atoms with Crippen molar-refractivity contribution in [2.24, 2.45) is 0 Å². The van der Waals surface area contributed by atoms with Crippen molar-refractivity contribution in [1.29, 1.82) is 0 Å². The number of hydrogen-bond acceptors (Lipinski definition) is 2. The zero-order valence-corrected chi connectivity index (χ0v) is 11.9. The van der Waals surface area contributed by atoms with Crippen molar-refractivity contribution in [1.82, 2.24) is 0 Å². The van der Waals surface area contributed by atoms with E-state index in [9.17, 15) is 9.18 Å². The van der Waals surface area contributed by atoms with Gasteiger partial charge in [-0.25, -0.2) is 9.18 Å². The summed E-state index contributed by atoms with van der Waals surface area (Å²) in [5.41, 5.74) is 1.14. The van der Waals surface area contributed by atoms with Crippen molar-refractivity contribution >= 4 is 11.8 Å². The molecule has 4 heteroatoms. The largest absolute Gasteiger partial charge is 0.443 e. The molecule has 1 aliphatic heterocycles. The Morgan fingerprint density at radius 1 is 1.47 bits per heavy atom. The number of anilines is 1. The van der Waals surface area contributed by atoms with Crippen LogP contribution in [0.15, 0.2) is 18.2 Å². The van der Waals surface area contributed by atoms with E-state index in [1.54, 1.807) is 11.0 Å². The Labute approximate surface area is 113 Å². The average molecular weight is 265 g/mol. The Kier molecular flexibility index (Phi) is 3.52. The Morgan fingerprint density at radius 2 is 2.16 bits per heavy atom. The number of hydrogen-bond donors (Lipinski definition) is 0. The molecule has 0 saturated heterocycles. The molecule has 19 heavy (non-hydrogen) atoms.